The highest BCUT2D eigenvalue weighted by Gasteiger charge is 2.18. The Balaban J connectivity index is 2.40. The van der Waals surface area contributed by atoms with Crippen molar-refractivity contribution in [1.29, 1.82) is 0 Å². The van der Waals surface area contributed by atoms with Crippen molar-refractivity contribution in [3.63, 3.8) is 0 Å². The van der Waals surface area contributed by atoms with Crippen LogP contribution in [0.25, 0.3) is 11.1 Å². The van der Waals surface area contributed by atoms with Gasteiger partial charge < -0.3 is 32.7 Å². The monoisotopic (exact) mass is 386 g/mol. The van der Waals surface area contributed by atoms with Crippen LogP contribution >= 0.6 is 0 Å². The predicted molar refractivity (Wildman–Crippen MR) is 102 cm³/mol. The fraction of sp³-hybridized carbons (Fsp3) is 0.211. The Bertz CT molecular complexity index is 900. The molecule has 9 nitrogen and oxygen atoms in total. The summed E-state index contributed by atoms with van der Waals surface area (Å²) in [7, 11) is 0. The van der Waals surface area contributed by atoms with Gasteiger partial charge in [0.05, 0.1) is 6.04 Å². The van der Waals surface area contributed by atoms with Crippen LogP contribution in [-0.4, -0.2) is 40.5 Å². The second-order valence-corrected chi connectivity index (χ2v) is 6.36. The number of phenols is 2. The summed E-state index contributed by atoms with van der Waals surface area (Å²) in [6.07, 6.45) is 0.651. The van der Waals surface area contributed by atoms with Crippen LogP contribution in [0.3, 0.4) is 0 Å². The van der Waals surface area contributed by atoms with Gasteiger partial charge in [-0.25, -0.2) is 0 Å². The molecular weight excluding hydrogens is 364 g/mol. The Labute approximate surface area is 161 Å². The minimum absolute atomic E-state index is 0.0960. The average Bonchev–Trinajstić information content (AvgIpc) is 2.64. The van der Waals surface area contributed by atoms with Gasteiger partial charge in [-0.1, -0.05) is 12.1 Å². The van der Waals surface area contributed by atoms with Gasteiger partial charge in [0.15, 0.2) is 0 Å². The lowest BCUT2D eigenvalue weighted by atomic mass is 9.95. The Morgan fingerprint density at radius 3 is 1.86 bits per heavy atom. The van der Waals surface area contributed by atoms with E-state index in [1.54, 1.807) is 24.3 Å². The van der Waals surface area contributed by atoms with E-state index >= 15 is 0 Å². The molecule has 2 aromatic carbocycles. The summed E-state index contributed by atoms with van der Waals surface area (Å²) in [6, 6.07) is 7.36. The molecule has 28 heavy (non-hydrogen) atoms. The average molecular weight is 386 g/mol. The highest BCUT2D eigenvalue weighted by Crippen LogP contribution is 2.37. The first kappa shape index (κ1) is 20.7. The van der Waals surface area contributed by atoms with Crippen LogP contribution in [0.5, 0.6) is 11.5 Å². The molecule has 148 valence electrons. The summed E-state index contributed by atoms with van der Waals surface area (Å²) >= 11 is 0. The number of carbonyl (C=O) groups excluding carboxylic acids is 3. The number of benzene rings is 2. The normalized spacial score (nSPS) is 12.8. The zero-order valence-corrected chi connectivity index (χ0v) is 15.0. The molecule has 0 heterocycles. The molecular formula is C19H22N4O5. The van der Waals surface area contributed by atoms with E-state index in [0.717, 1.165) is 0 Å². The Kier molecular flexibility index (Phi) is 6.56. The fourth-order valence-electron chi connectivity index (χ4n) is 2.77. The van der Waals surface area contributed by atoms with Gasteiger partial charge in [0.1, 0.15) is 17.5 Å². The van der Waals surface area contributed by atoms with Crippen LogP contribution < -0.4 is 22.5 Å². The van der Waals surface area contributed by atoms with Gasteiger partial charge in [-0.15, -0.1) is 0 Å². The number of amides is 3. The third-order valence-corrected chi connectivity index (χ3v) is 4.29. The summed E-state index contributed by atoms with van der Waals surface area (Å²) in [5, 5.41) is 22.8. The molecule has 2 atom stereocenters. The lowest BCUT2D eigenvalue weighted by molar-refractivity contribution is -0.122. The first-order chi connectivity index (χ1) is 13.2. The van der Waals surface area contributed by atoms with E-state index in [9.17, 15) is 24.6 Å². The zero-order valence-electron chi connectivity index (χ0n) is 15.0. The maximum absolute atomic E-state index is 11.4. The number of nitrogens with one attached hydrogen (secondary N) is 1. The van der Waals surface area contributed by atoms with Crippen LogP contribution in [0.1, 0.15) is 11.1 Å². The molecule has 0 bridgehead atoms. The third kappa shape index (κ3) is 4.98. The van der Waals surface area contributed by atoms with E-state index in [1.807, 2.05) is 0 Å². The number of primary amides is 2. The third-order valence-electron chi connectivity index (χ3n) is 4.29. The fourth-order valence-corrected chi connectivity index (χ4v) is 2.77. The first-order valence-corrected chi connectivity index (χ1v) is 8.41. The van der Waals surface area contributed by atoms with E-state index in [4.69, 9.17) is 17.2 Å². The summed E-state index contributed by atoms with van der Waals surface area (Å²) in [4.78, 5) is 33.2. The Morgan fingerprint density at radius 1 is 0.929 bits per heavy atom. The number of carbonyl (C=O) groups is 3. The number of phenolic OH excluding ortho intramolecular Hbond substituents is 2. The highest BCUT2D eigenvalue weighted by molar-refractivity contribution is 5.83. The maximum atomic E-state index is 11.4. The molecule has 0 aliphatic heterocycles. The topological polar surface area (TPSA) is 182 Å². The molecule has 0 spiro atoms. The minimum atomic E-state index is -0.914. The first-order valence-electron chi connectivity index (χ1n) is 8.41. The minimum Gasteiger partial charge on any atom is -0.507 e. The molecule has 0 aliphatic carbocycles. The molecule has 0 saturated heterocycles. The number of aromatic hydroxyl groups is 2. The van der Waals surface area contributed by atoms with Crippen molar-refractivity contribution in [3.8, 4) is 22.6 Å². The number of nitrogens with two attached hydrogens (primary N) is 3. The summed E-state index contributed by atoms with van der Waals surface area (Å²) < 4.78 is 0. The van der Waals surface area contributed by atoms with Gasteiger partial charge >= 0.3 is 0 Å². The van der Waals surface area contributed by atoms with E-state index in [1.165, 1.54) is 12.1 Å². The van der Waals surface area contributed by atoms with Crippen molar-refractivity contribution < 1.29 is 24.6 Å². The van der Waals surface area contributed by atoms with Crippen molar-refractivity contribution in [3.05, 3.63) is 47.5 Å². The van der Waals surface area contributed by atoms with E-state index in [0.29, 0.717) is 28.7 Å². The largest absolute Gasteiger partial charge is 0.507 e. The second kappa shape index (κ2) is 8.87. The summed E-state index contributed by atoms with van der Waals surface area (Å²) in [6.45, 7) is 0. The van der Waals surface area contributed by atoms with Gasteiger partial charge in [0, 0.05) is 17.5 Å². The molecule has 2 unspecified atom stereocenters. The molecule has 0 radical (unpaired) electrons. The molecule has 0 fully saturated rings. The lowest BCUT2D eigenvalue weighted by Crippen LogP contribution is -2.42. The molecule has 2 aromatic rings. The molecule has 3 amide bonds. The van der Waals surface area contributed by atoms with Gasteiger partial charge in [-0.05, 0) is 41.8 Å². The summed E-state index contributed by atoms with van der Waals surface area (Å²) in [5.41, 5.74) is 18.0. The number of rotatable bonds is 9. The van der Waals surface area contributed by atoms with Crippen LogP contribution in [0.2, 0.25) is 0 Å². The highest BCUT2D eigenvalue weighted by atomic mass is 16.3. The Morgan fingerprint density at radius 2 is 1.43 bits per heavy atom. The maximum Gasteiger partial charge on any atom is 0.240 e. The van der Waals surface area contributed by atoms with Crippen LogP contribution in [0.15, 0.2) is 36.4 Å². The molecule has 9 N–H and O–H groups in total. The smallest absolute Gasteiger partial charge is 0.240 e. The molecule has 0 aromatic heterocycles. The van der Waals surface area contributed by atoms with Crippen molar-refractivity contribution in [1.82, 2.24) is 5.32 Å². The standard InChI is InChI=1S/C19H22N4O5/c20-14(18(21)27)7-10-1-3-16(25)12(5-10)13-6-11(2-4-17(13)26)8-15(19(22)28)23-9-24/h1-6,9,14-15,25-26H,7-8,20H2,(H2,21,27)(H2,22,28)(H,23,24). The second-order valence-electron chi connectivity index (χ2n) is 6.36. The van der Waals surface area contributed by atoms with Gasteiger partial charge in [-0.2, -0.15) is 0 Å². The van der Waals surface area contributed by atoms with Crippen LogP contribution in [-0.2, 0) is 27.2 Å². The lowest BCUT2D eigenvalue weighted by Gasteiger charge is -2.15. The molecule has 2 rings (SSSR count). The number of hydrogen-bond acceptors (Lipinski definition) is 6. The van der Waals surface area contributed by atoms with E-state index in [-0.39, 0.29) is 24.3 Å². The van der Waals surface area contributed by atoms with Crippen molar-refractivity contribution in [2.45, 2.75) is 24.9 Å². The quantitative estimate of drug-likeness (QED) is 0.309. The van der Waals surface area contributed by atoms with E-state index in [2.05, 4.69) is 5.32 Å². The number of hydrogen-bond donors (Lipinski definition) is 6. The Hall–Kier alpha value is -3.59. The van der Waals surface area contributed by atoms with Gasteiger partial charge in [-0.3, -0.25) is 14.4 Å². The molecule has 0 aliphatic rings. The molecule has 0 saturated carbocycles. The van der Waals surface area contributed by atoms with Crippen molar-refractivity contribution >= 4 is 18.2 Å². The zero-order chi connectivity index (χ0) is 20.8. The van der Waals surface area contributed by atoms with Gasteiger partial charge in [0.25, 0.3) is 0 Å². The SMILES string of the molecule is NC(=O)C(N)Cc1ccc(O)c(-c2cc(CC(NC=O)C(N)=O)ccc2O)c1. The van der Waals surface area contributed by atoms with Crippen LogP contribution in [0.4, 0.5) is 0 Å². The van der Waals surface area contributed by atoms with Crippen molar-refractivity contribution in [2.24, 2.45) is 17.2 Å². The molecule has 9 heteroatoms. The van der Waals surface area contributed by atoms with Gasteiger partial charge in [0.2, 0.25) is 18.2 Å². The summed E-state index contributed by atoms with van der Waals surface area (Å²) in [5.74, 6) is -1.55. The van der Waals surface area contributed by atoms with Crippen LogP contribution in [0, 0.1) is 0 Å². The van der Waals surface area contributed by atoms with E-state index < -0.39 is 23.9 Å². The predicted octanol–water partition coefficient (Wildman–Crippen LogP) is -0.738. The van der Waals surface area contributed by atoms with Crippen molar-refractivity contribution in [2.75, 3.05) is 0 Å².